The molecule has 0 saturated carbocycles. The molecule has 2 heterocycles. The molecule has 3 rings (SSSR count). The summed E-state index contributed by atoms with van der Waals surface area (Å²) in [5.74, 6) is 0.439. The fraction of sp³-hybridized carbons (Fsp3) is 0.529. The Hall–Kier alpha value is -1.90. The Kier molecular flexibility index (Phi) is 4.41. The van der Waals surface area contributed by atoms with Gasteiger partial charge in [0, 0.05) is 24.6 Å². The number of rotatable bonds is 3. The van der Waals surface area contributed by atoms with E-state index < -0.39 is 0 Å². The number of Topliss-reactive ketones (excluding diaryl/α,β-unsaturated/α-hetero) is 1. The van der Waals surface area contributed by atoms with Crippen LogP contribution in [0.1, 0.15) is 35.7 Å². The van der Waals surface area contributed by atoms with E-state index in [0.717, 1.165) is 31.6 Å². The van der Waals surface area contributed by atoms with Crippen molar-refractivity contribution in [2.75, 3.05) is 31.2 Å². The minimum absolute atomic E-state index is 0.0216. The summed E-state index contributed by atoms with van der Waals surface area (Å²) in [6, 6.07) is 7.52. The fourth-order valence-electron chi connectivity index (χ4n) is 3.17. The molecule has 0 bridgehead atoms. The third-order valence-electron chi connectivity index (χ3n) is 4.44. The maximum absolute atomic E-state index is 11.6. The van der Waals surface area contributed by atoms with Crippen molar-refractivity contribution in [1.82, 2.24) is 0 Å². The Bertz CT molecular complexity index is 594. The lowest BCUT2D eigenvalue weighted by molar-refractivity contribution is -0.0889. The first kappa shape index (κ1) is 15.0. The van der Waals surface area contributed by atoms with E-state index in [0.29, 0.717) is 30.3 Å². The van der Waals surface area contributed by atoms with Crippen molar-refractivity contribution >= 4 is 11.5 Å². The number of carbonyl (C=O) groups is 1. The SMILES string of the molecule is CC(=O)c1ccc(C#N)c(N2CCC(C3OCCO3)CC2)c1. The lowest BCUT2D eigenvalue weighted by atomic mass is 9.95. The first-order chi connectivity index (χ1) is 10.7. The molecule has 5 nitrogen and oxygen atoms in total. The molecule has 0 aromatic heterocycles. The number of benzene rings is 1. The molecule has 0 amide bonds. The Balaban J connectivity index is 1.73. The summed E-state index contributed by atoms with van der Waals surface area (Å²) in [6.07, 6.45) is 1.88. The van der Waals surface area contributed by atoms with Gasteiger partial charge in [-0.3, -0.25) is 4.79 Å². The van der Waals surface area contributed by atoms with Crippen molar-refractivity contribution in [3.63, 3.8) is 0 Å². The molecule has 2 fully saturated rings. The Labute approximate surface area is 130 Å². The lowest BCUT2D eigenvalue weighted by Gasteiger charge is -2.35. The molecule has 116 valence electrons. The van der Waals surface area contributed by atoms with Crippen molar-refractivity contribution < 1.29 is 14.3 Å². The predicted octanol–water partition coefficient (Wildman–Crippen LogP) is 2.35. The molecule has 0 unspecified atom stereocenters. The first-order valence-electron chi connectivity index (χ1n) is 7.72. The molecule has 0 radical (unpaired) electrons. The highest BCUT2D eigenvalue weighted by Gasteiger charge is 2.31. The first-order valence-corrected chi connectivity index (χ1v) is 7.72. The standard InChI is InChI=1S/C17H20N2O3/c1-12(20)14-2-3-15(11-18)16(10-14)19-6-4-13(5-7-19)17-21-8-9-22-17/h2-3,10,13,17H,4-9H2,1H3. The molecular weight excluding hydrogens is 280 g/mol. The van der Waals surface area contributed by atoms with E-state index >= 15 is 0 Å². The second-order valence-corrected chi connectivity index (χ2v) is 5.83. The number of carbonyl (C=O) groups excluding carboxylic acids is 1. The molecule has 0 atom stereocenters. The Morgan fingerprint density at radius 1 is 1.27 bits per heavy atom. The highest BCUT2D eigenvalue weighted by molar-refractivity contribution is 5.95. The van der Waals surface area contributed by atoms with Crippen LogP contribution in [0.25, 0.3) is 0 Å². The summed E-state index contributed by atoms with van der Waals surface area (Å²) in [4.78, 5) is 13.8. The number of nitriles is 1. The van der Waals surface area contributed by atoms with Crippen LogP contribution in [-0.2, 0) is 9.47 Å². The van der Waals surface area contributed by atoms with E-state index in [1.807, 2.05) is 6.07 Å². The predicted molar refractivity (Wildman–Crippen MR) is 81.8 cm³/mol. The van der Waals surface area contributed by atoms with Crippen LogP contribution in [0, 0.1) is 17.2 Å². The van der Waals surface area contributed by atoms with Crippen LogP contribution in [0.4, 0.5) is 5.69 Å². The van der Waals surface area contributed by atoms with Gasteiger partial charge in [-0.25, -0.2) is 0 Å². The van der Waals surface area contributed by atoms with Crippen molar-refractivity contribution in [1.29, 1.82) is 5.26 Å². The van der Waals surface area contributed by atoms with Gasteiger partial charge in [0.05, 0.1) is 24.5 Å². The number of ether oxygens (including phenoxy) is 2. The normalized spacial score (nSPS) is 20.1. The number of anilines is 1. The highest BCUT2D eigenvalue weighted by Crippen LogP contribution is 2.30. The molecule has 1 aromatic rings. The average Bonchev–Trinajstić information content (AvgIpc) is 3.09. The smallest absolute Gasteiger partial charge is 0.160 e. The van der Waals surface area contributed by atoms with E-state index in [1.165, 1.54) is 0 Å². The summed E-state index contributed by atoms with van der Waals surface area (Å²) in [5.41, 5.74) is 2.14. The Morgan fingerprint density at radius 2 is 1.95 bits per heavy atom. The van der Waals surface area contributed by atoms with Gasteiger partial charge in [-0.2, -0.15) is 5.26 Å². The van der Waals surface area contributed by atoms with E-state index in [9.17, 15) is 10.1 Å². The van der Waals surface area contributed by atoms with Crippen LogP contribution < -0.4 is 4.90 Å². The van der Waals surface area contributed by atoms with Crippen molar-refractivity contribution in [2.24, 2.45) is 5.92 Å². The summed E-state index contributed by atoms with van der Waals surface area (Å²) in [7, 11) is 0. The summed E-state index contributed by atoms with van der Waals surface area (Å²) in [6.45, 7) is 4.62. The third kappa shape index (κ3) is 2.99. The maximum Gasteiger partial charge on any atom is 0.160 e. The third-order valence-corrected chi connectivity index (χ3v) is 4.44. The maximum atomic E-state index is 11.6. The molecule has 2 aliphatic rings. The average molecular weight is 300 g/mol. The van der Waals surface area contributed by atoms with Gasteiger partial charge in [-0.15, -0.1) is 0 Å². The molecule has 2 aliphatic heterocycles. The van der Waals surface area contributed by atoms with Crippen LogP contribution in [0.3, 0.4) is 0 Å². The van der Waals surface area contributed by atoms with Crippen LogP contribution in [0.2, 0.25) is 0 Å². The summed E-state index contributed by atoms with van der Waals surface area (Å²) < 4.78 is 11.2. The van der Waals surface area contributed by atoms with Gasteiger partial charge in [-0.05, 0) is 38.0 Å². The number of piperidine rings is 1. The zero-order valence-electron chi connectivity index (χ0n) is 12.7. The van der Waals surface area contributed by atoms with Crippen LogP contribution in [0.15, 0.2) is 18.2 Å². The minimum atomic E-state index is -0.0684. The highest BCUT2D eigenvalue weighted by atomic mass is 16.7. The lowest BCUT2D eigenvalue weighted by Crippen LogP contribution is -2.38. The quantitative estimate of drug-likeness (QED) is 0.802. The van der Waals surface area contributed by atoms with Gasteiger partial charge in [-0.1, -0.05) is 0 Å². The summed E-state index contributed by atoms with van der Waals surface area (Å²) in [5, 5.41) is 9.30. The zero-order valence-corrected chi connectivity index (χ0v) is 12.7. The van der Waals surface area contributed by atoms with Crippen molar-refractivity contribution in [2.45, 2.75) is 26.1 Å². The van der Waals surface area contributed by atoms with Crippen molar-refractivity contribution in [3.05, 3.63) is 29.3 Å². The fourth-order valence-corrected chi connectivity index (χ4v) is 3.17. The second-order valence-electron chi connectivity index (χ2n) is 5.83. The topological polar surface area (TPSA) is 62.6 Å². The van der Waals surface area contributed by atoms with Gasteiger partial charge >= 0.3 is 0 Å². The van der Waals surface area contributed by atoms with Crippen LogP contribution >= 0.6 is 0 Å². The Morgan fingerprint density at radius 3 is 2.55 bits per heavy atom. The van der Waals surface area contributed by atoms with E-state index in [2.05, 4.69) is 11.0 Å². The van der Waals surface area contributed by atoms with E-state index in [4.69, 9.17) is 9.47 Å². The van der Waals surface area contributed by atoms with E-state index in [-0.39, 0.29) is 12.1 Å². The number of hydrogen-bond donors (Lipinski definition) is 0. The molecular formula is C17H20N2O3. The number of nitrogens with zero attached hydrogens (tertiary/aromatic N) is 2. The monoisotopic (exact) mass is 300 g/mol. The van der Waals surface area contributed by atoms with Crippen molar-refractivity contribution in [3.8, 4) is 6.07 Å². The number of hydrogen-bond acceptors (Lipinski definition) is 5. The minimum Gasteiger partial charge on any atom is -0.370 e. The summed E-state index contributed by atoms with van der Waals surface area (Å²) >= 11 is 0. The molecule has 0 spiro atoms. The molecule has 1 aromatic carbocycles. The van der Waals surface area contributed by atoms with Gasteiger partial charge in [0.25, 0.3) is 0 Å². The molecule has 0 aliphatic carbocycles. The molecule has 22 heavy (non-hydrogen) atoms. The second kappa shape index (κ2) is 6.47. The largest absolute Gasteiger partial charge is 0.370 e. The zero-order chi connectivity index (χ0) is 15.5. The van der Waals surface area contributed by atoms with Crippen LogP contribution in [-0.4, -0.2) is 38.4 Å². The van der Waals surface area contributed by atoms with Gasteiger partial charge in [0.2, 0.25) is 0 Å². The van der Waals surface area contributed by atoms with E-state index in [1.54, 1.807) is 19.1 Å². The molecule has 2 saturated heterocycles. The van der Waals surface area contributed by atoms with Gasteiger partial charge in [0.1, 0.15) is 6.07 Å². The van der Waals surface area contributed by atoms with Gasteiger partial charge in [0.15, 0.2) is 12.1 Å². The number of ketones is 1. The molecule has 5 heteroatoms. The molecule has 0 N–H and O–H groups in total. The van der Waals surface area contributed by atoms with Gasteiger partial charge < -0.3 is 14.4 Å². The van der Waals surface area contributed by atoms with Crippen LogP contribution in [0.5, 0.6) is 0 Å².